The van der Waals surface area contributed by atoms with Crippen molar-refractivity contribution in [2.45, 2.75) is 32.7 Å². The molecular weight excluding hydrogens is 278 g/mol. The van der Waals surface area contributed by atoms with Crippen molar-refractivity contribution < 1.29 is 19.6 Å². The van der Waals surface area contributed by atoms with Gasteiger partial charge in [0.2, 0.25) is 0 Å². The van der Waals surface area contributed by atoms with Crippen LogP contribution in [0.1, 0.15) is 25.8 Å². The van der Waals surface area contributed by atoms with Gasteiger partial charge >= 0.3 is 12.0 Å². The molecule has 114 valence electrons. The molecule has 1 rings (SSSR count). The Bertz CT molecular complexity index is 587. The molecule has 8 nitrogen and oxygen atoms in total. The number of rotatable bonds is 5. The third-order valence-corrected chi connectivity index (χ3v) is 3.22. The fraction of sp³-hybridized carbons (Fsp3) is 0.385. The van der Waals surface area contributed by atoms with Gasteiger partial charge in [-0.3, -0.25) is 10.1 Å². The van der Waals surface area contributed by atoms with E-state index in [4.69, 9.17) is 5.11 Å². The van der Waals surface area contributed by atoms with Gasteiger partial charge in [-0.1, -0.05) is 6.92 Å². The molecule has 0 aromatic heterocycles. The maximum Gasteiger partial charge on any atom is 0.329 e. The molecule has 0 radical (unpaired) electrons. The number of nitrogens with one attached hydrogen (secondary N) is 2. The highest BCUT2D eigenvalue weighted by Gasteiger charge is 2.32. The normalized spacial score (nSPS) is 13.1. The molecule has 0 saturated heterocycles. The highest BCUT2D eigenvalue weighted by Crippen LogP contribution is 2.21. The number of hydrogen-bond donors (Lipinski definition) is 3. The molecule has 1 atom stereocenters. The van der Waals surface area contributed by atoms with Crippen molar-refractivity contribution in [2.24, 2.45) is 0 Å². The number of carbonyl (C=O) groups excluding carboxylic acids is 1. The lowest BCUT2D eigenvalue weighted by Gasteiger charge is -2.24. The molecule has 0 fully saturated rings. The van der Waals surface area contributed by atoms with Gasteiger partial charge in [-0.25, -0.2) is 9.59 Å². The van der Waals surface area contributed by atoms with E-state index >= 15 is 0 Å². The highest BCUT2D eigenvalue weighted by atomic mass is 16.6. The van der Waals surface area contributed by atoms with Crippen LogP contribution < -0.4 is 10.6 Å². The zero-order valence-electron chi connectivity index (χ0n) is 12.0. The number of carboxylic acid groups (broad SMARTS) is 1. The first-order valence-electron chi connectivity index (χ1n) is 6.27. The number of carboxylic acids is 1. The topological polar surface area (TPSA) is 122 Å². The lowest BCUT2D eigenvalue weighted by molar-refractivity contribution is -0.385. The van der Waals surface area contributed by atoms with E-state index in [1.165, 1.54) is 25.1 Å². The molecule has 0 bridgehead atoms. The third kappa shape index (κ3) is 3.91. The maximum absolute atomic E-state index is 11.8. The SMILES string of the molecule is CCC(C)(NC(=O)Nc1ccc([N+](=O)[O-])c(C)c1)C(=O)O. The zero-order valence-corrected chi connectivity index (χ0v) is 12.0. The van der Waals surface area contributed by atoms with Gasteiger partial charge in [-0.05, 0) is 32.4 Å². The van der Waals surface area contributed by atoms with Crippen LogP contribution in [0.25, 0.3) is 0 Å². The van der Waals surface area contributed by atoms with Crippen molar-refractivity contribution in [2.75, 3.05) is 5.32 Å². The Labute approximate surface area is 121 Å². The lowest BCUT2D eigenvalue weighted by Crippen LogP contribution is -2.53. The molecule has 21 heavy (non-hydrogen) atoms. The first-order chi connectivity index (χ1) is 9.69. The van der Waals surface area contributed by atoms with E-state index in [2.05, 4.69) is 10.6 Å². The van der Waals surface area contributed by atoms with Crippen LogP contribution >= 0.6 is 0 Å². The number of anilines is 1. The van der Waals surface area contributed by atoms with E-state index < -0.39 is 22.5 Å². The number of urea groups is 1. The number of carbonyl (C=O) groups is 2. The maximum atomic E-state index is 11.8. The minimum absolute atomic E-state index is 0.0510. The van der Waals surface area contributed by atoms with Crippen LogP contribution in [0.4, 0.5) is 16.2 Å². The Balaban J connectivity index is 2.82. The van der Waals surface area contributed by atoms with Gasteiger partial charge in [0.05, 0.1) is 4.92 Å². The summed E-state index contributed by atoms with van der Waals surface area (Å²) in [5.41, 5.74) is -0.682. The van der Waals surface area contributed by atoms with Gasteiger partial charge in [0, 0.05) is 17.3 Å². The second kappa shape index (κ2) is 6.21. The van der Waals surface area contributed by atoms with E-state index in [1.54, 1.807) is 13.8 Å². The van der Waals surface area contributed by atoms with Gasteiger partial charge in [0.25, 0.3) is 5.69 Å². The van der Waals surface area contributed by atoms with E-state index in [0.29, 0.717) is 11.3 Å². The summed E-state index contributed by atoms with van der Waals surface area (Å²) in [6.07, 6.45) is 0.217. The summed E-state index contributed by atoms with van der Waals surface area (Å²) in [5.74, 6) is -1.14. The summed E-state index contributed by atoms with van der Waals surface area (Å²) in [7, 11) is 0. The van der Waals surface area contributed by atoms with Gasteiger partial charge in [-0.15, -0.1) is 0 Å². The van der Waals surface area contributed by atoms with Crippen LogP contribution in [0.5, 0.6) is 0 Å². The molecule has 0 aliphatic rings. The molecule has 0 aliphatic carbocycles. The molecule has 1 aromatic carbocycles. The number of hydrogen-bond acceptors (Lipinski definition) is 4. The monoisotopic (exact) mass is 295 g/mol. The first-order valence-corrected chi connectivity index (χ1v) is 6.27. The van der Waals surface area contributed by atoms with Gasteiger partial charge < -0.3 is 15.7 Å². The van der Waals surface area contributed by atoms with Gasteiger partial charge in [0.1, 0.15) is 5.54 Å². The van der Waals surface area contributed by atoms with Crippen molar-refractivity contribution >= 4 is 23.4 Å². The predicted molar refractivity (Wildman–Crippen MR) is 76.3 cm³/mol. The predicted octanol–water partition coefficient (Wildman–Crippen LogP) is 2.28. The van der Waals surface area contributed by atoms with E-state index in [-0.39, 0.29) is 12.1 Å². The molecule has 3 N–H and O–H groups in total. The standard InChI is InChI=1S/C13H17N3O5/c1-4-13(3,11(17)18)15-12(19)14-9-5-6-10(16(20)21)8(2)7-9/h5-7H,4H2,1-3H3,(H,17,18)(H2,14,15,19). The molecule has 1 unspecified atom stereocenters. The summed E-state index contributed by atoms with van der Waals surface area (Å²) in [6.45, 7) is 4.59. The largest absolute Gasteiger partial charge is 0.480 e. The average molecular weight is 295 g/mol. The van der Waals surface area contributed by atoms with E-state index in [0.717, 1.165) is 0 Å². The summed E-state index contributed by atoms with van der Waals surface area (Å²) >= 11 is 0. The lowest BCUT2D eigenvalue weighted by atomic mass is 10.00. The molecule has 2 amide bonds. The summed E-state index contributed by atoms with van der Waals surface area (Å²) in [4.78, 5) is 33.1. The number of nitro groups is 1. The number of amides is 2. The van der Waals surface area contributed by atoms with Gasteiger partial charge in [0.15, 0.2) is 0 Å². The average Bonchev–Trinajstić information content (AvgIpc) is 2.37. The quantitative estimate of drug-likeness (QED) is 0.568. The van der Waals surface area contributed by atoms with Crippen molar-refractivity contribution in [1.82, 2.24) is 5.32 Å². The van der Waals surface area contributed by atoms with Crippen molar-refractivity contribution in [1.29, 1.82) is 0 Å². The number of benzene rings is 1. The Hall–Kier alpha value is -2.64. The van der Waals surface area contributed by atoms with Crippen molar-refractivity contribution in [3.8, 4) is 0 Å². The molecule has 0 spiro atoms. The Morgan fingerprint density at radius 2 is 2.05 bits per heavy atom. The van der Waals surface area contributed by atoms with Crippen molar-refractivity contribution in [3.05, 3.63) is 33.9 Å². The molecule has 1 aromatic rings. The van der Waals surface area contributed by atoms with Gasteiger partial charge in [-0.2, -0.15) is 0 Å². The van der Waals surface area contributed by atoms with Crippen LogP contribution in [0.3, 0.4) is 0 Å². The zero-order chi connectivity index (χ0) is 16.2. The number of aliphatic carboxylic acids is 1. The molecule has 8 heteroatoms. The van der Waals surface area contributed by atoms with Crippen LogP contribution in [0.15, 0.2) is 18.2 Å². The van der Waals surface area contributed by atoms with Crippen LogP contribution in [-0.2, 0) is 4.79 Å². The molecule has 0 saturated carbocycles. The van der Waals surface area contributed by atoms with E-state index in [9.17, 15) is 19.7 Å². The highest BCUT2D eigenvalue weighted by molar-refractivity contribution is 5.93. The summed E-state index contributed by atoms with van der Waals surface area (Å²) < 4.78 is 0. The number of nitrogens with zero attached hydrogens (tertiary/aromatic N) is 1. The Morgan fingerprint density at radius 3 is 2.48 bits per heavy atom. The van der Waals surface area contributed by atoms with Crippen molar-refractivity contribution in [3.63, 3.8) is 0 Å². The first kappa shape index (κ1) is 16.4. The van der Waals surface area contributed by atoms with Crippen LogP contribution in [-0.4, -0.2) is 27.6 Å². The molecular formula is C13H17N3O5. The summed E-state index contributed by atoms with van der Waals surface area (Å²) in [5, 5.41) is 24.6. The molecule has 0 heterocycles. The second-order valence-electron chi connectivity index (χ2n) is 4.83. The van der Waals surface area contributed by atoms with E-state index in [1.807, 2.05) is 0 Å². The van der Waals surface area contributed by atoms with Crippen LogP contribution in [0, 0.1) is 17.0 Å². The minimum Gasteiger partial charge on any atom is -0.480 e. The summed E-state index contributed by atoms with van der Waals surface area (Å²) in [6, 6.07) is 3.42. The fourth-order valence-electron chi connectivity index (χ4n) is 1.64. The second-order valence-corrected chi connectivity index (χ2v) is 4.83. The Morgan fingerprint density at radius 1 is 1.43 bits per heavy atom. The minimum atomic E-state index is -1.38. The third-order valence-electron chi connectivity index (χ3n) is 3.22. The Kier molecular flexibility index (Phi) is 4.85. The molecule has 0 aliphatic heterocycles. The number of aryl methyl sites for hydroxylation is 1. The van der Waals surface area contributed by atoms with Crippen LogP contribution in [0.2, 0.25) is 0 Å². The smallest absolute Gasteiger partial charge is 0.329 e. The fourth-order valence-corrected chi connectivity index (χ4v) is 1.64. The number of nitro benzene ring substituents is 1.